The molecule has 1 aromatic carbocycles. The second-order valence-corrected chi connectivity index (χ2v) is 7.43. The van der Waals surface area contributed by atoms with Gasteiger partial charge in [-0.1, -0.05) is 28.1 Å². The molecule has 1 aromatic heterocycles. The Bertz CT molecular complexity index is 555. The van der Waals surface area contributed by atoms with E-state index in [2.05, 4.69) is 61.1 Å². The third kappa shape index (κ3) is 3.33. The van der Waals surface area contributed by atoms with E-state index in [0.717, 1.165) is 20.9 Å². The fourth-order valence-electron chi connectivity index (χ4n) is 1.67. The summed E-state index contributed by atoms with van der Waals surface area (Å²) in [6.45, 7) is 8.54. The minimum Gasteiger partial charge on any atom is -0.357 e. The maximum Gasteiger partial charge on any atom is 0.183 e. The Balaban J connectivity index is 2.35. The second kappa shape index (κ2) is 5.02. The van der Waals surface area contributed by atoms with Gasteiger partial charge in [-0.25, -0.2) is 4.98 Å². The number of nitrogens with zero attached hydrogens (tertiary/aromatic N) is 1. The molecular formula is C14H17BrN2S. The molecule has 2 nitrogen and oxygen atoms in total. The van der Waals surface area contributed by atoms with Crippen molar-refractivity contribution in [1.29, 1.82) is 0 Å². The molecule has 0 spiro atoms. The molecule has 0 aliphatic rings. The largest absolute Gasteiger partial charge is 0.357 e. The molecule has 0 saturated heterocycles. The topological polar surface area (TPSA) is 24.9 Å². The SMILES string of the molecule is Cc1sc(NC(C)(C)C)nc1-c1cccc(Br)c1. The zero-order valence-electron chi connectivity index (χ0n) is 11.0. The van der Waals surface area contributed by atoms with E-state index in [0.29, 0.717) is 0 Å². The standard InChI is InChI=1S/C14H17BrN2S/c1-9-12(10-6-5-7-11(15)8-10)16-13(18-9)17-14(2,3)4/h5-8H,1-4H3,(H,16,17). The average molecular weight is 325 g/mol. The number of aryl methyl sites for hydroxylation is 1. The van der Waals surface area contributed by atoms with Gasteiger partial charge in [-0.2, -0.15) is 0 Å². The van der Waals surface area contributed by atoms with Gasteiger partial charge in [-0.3, -0.25) is 0 Å². The molecule has 0 aliphatic heterocycles. The van der Waals surface area contributed by atoms with Crippen LogP contribution in [0.1, 0.15) is 25.6 Å². The first-order valence-corrected chi connectivity index (χ1v) is 7.48. The van der Waals surface area contributed by atoms with Gasteiger partial charge in [0, 0.05) is 20.5 Å². The van der Waals surface area contributed by atoms with E-state index in [1.807, 2.05) is 12.1 Å². The van der Waals surface area contributed by atoms with Crippen molar-refractivity contribution < 1.29 is 0 Å². The summed E-state index contributed by atoms with van der Waals surface area (Å²) in [7, 11) is 0. The number of hydrogen-bond donors (Lipinski definition) is 1. The Morgan fingerprint density at radius 2 is 2.00 bits per heavy atom. The molecule has 0 fully saturated rings. The van der Waals surface area contributed by atoms with E-state index in [1.54, 1.807) is 11.3 Å². The fraction of sp³-hybridized carbons (Fsp3) is 0.357. The zero-order chi connectivity index (χ0) is 13.3. The van der Waals surface area contributed by atoms with Crippen LogP contribution in [0.2, 0.25) is 0 Å². The van der Waals surface area contributed by atoms with E-state index in [-0.39, 0.29) is 5.54 Å². The zero-order valence-corrected chi connectivity index (χ0v) is 13.4. The molecule has 0 saturated carbocycles. The predicted molar refractivity (Wildman–Crippen MR) is 83.4 cm³/mol. The molecule has 0 aliphatic carbocycles. The summed E-state index contributed by atoms with van der Waals surface area (Å²) in [5.41, 5.74) is 2.26. The van der Waals surface area contributed by atoms with Crippen LogP contribution in [-0.2, 0) is 0 Å². The maximum absolute atomic E-state index is 4.69. The maximum atomic E-state index is 4.69. The van der Waals surface area contributed by atoms with Crippen LogP contribution in [0, 0.1) is 6.92 Å². The van der Waals surface area contributed by atoms with E-state index in [4.69, 9.17) is 4.98 Å². The Morgan fingerprint density at radius 1 is 1.28 bits per heavy atom. The molecule has 4 heteroatoms. The number of rotatable bonds is 2. The Hall–Kier alpha value is -0.870. The van der Waals surface area contributed by atoms with Crippen LogP contribution in [0.5, 0.6) is 0 Å². The lowest BCUT2D eigenvalue weighted by Gasteiger charge is -2.19. The third-order valence-electron chi connectivity index (χ3n) is 2.38. The summed E-state index contributed by atoms with van der Waals surface area (Å²) in [4.78, 5) is 5.93. The summed E-state index contributed by atoms with van der Waals surface area (Å²) < 4.78 is 1.08. The van der Waals surface area contributed by atoms with Gasteiger partial charge >= 0.3 is 0 Å². The van der Waals surface area contributed by atoms with Gasteiger partial charge < -0.3 is 5.32 Å². The van der Waals surface area contributed by atoms with Gasteiger partial charge in [-0.05, 0) is 39.8 Å². The van der Waals surface area contributed by atoms with Crippen molar-refractivity contribution in [1.82, 2.24) is 4.98 Å². The molecular weight excluding hydrogens is 308 g/mol. The van der Waals surface area contributed by atoms with E-state index in [9.17, 15) is 0 Å². The van der Waals surface area contributed by atoms with Crippen LogP contribution in [0.3, 0.4) is 0 Å². The average Bonchev–Trinajstić information content (AvgIpc) is 2.56. The number of benzene rings is 1. The highest BCUT2D eigenvalue weighted by Crippen LogP contribution is 2.32. The van der Waals surface area contributed by atoms with Gasteiger partial charge in [0.1, 0.15) is 0 Å². The van der Waals surface area contributed by atoms with E-state index < -0.39 is 0 Å². The van der Waals surface area contributed by atoms with Crippen molar-refractivity contribution in [2.75, 3.05) is 5.32 Å². The second-order valence-electron chi connectivity index (χ2n) is 5.31. The lowest BCUT2D eigenvalue weighted by atomic mass is 10.1. The van der Waals surface area contributed by atoms with E-state index >= 15 is 0 Å². The number of hydrogen-bond acceptors (Lipinski definition) is 3. The molecule has 96 valence electrons. The molecule has 0 atom stereocenters. The predicted octanol–water partition coefficient (Wildman–Crippen LogP) is 5.09. The molecule has 2 rings (SSSR count). The van der Waals surface area contributed by atoms with Crippen LogP contribution in [-0.4, -0.2) is 10.5 Å². The monoisotopic (exact) mass is 324 g/mol. The Kier molecular flexibility index (Phi) is 3.78. The molecule has 2 aromatic rings. The van der Waals surface area contributed by atoms with Crippen molar-refractivity contribution >= 4 is 32.4 Å². The molecule has 0 bridgehead atoms. The number of halogens is 1. The van der Waals surface area contributed by atoms with Crippen LogP contribution in [0.25, 0.3) is 11.3 Å². The number of aromatic nitrogens is 1. The summed E-state index contributed by atoms with van der Waals surface area (Å²) >= 11 is 5.20. The fourth-order valence-corrected chi connectivity index (χ4v) is 3.12. The molecule has 1 N–H and O–H groups in total. The third-order valence-corrected chi connectivity index (χ3v) is 3.76. The summed E-state index contributed by atoms with van der Waals surface area (Å²) in [6, 6.07) is 8.26. The van der Waals surface area contributed by atoms with E-state index in [1.165, 1.54) is 4.88 Å². The van der Waals surface area contributed by atoms with Crippen molar-refractivity contribution in [3.05, 3.63) is 33.6 Å². The first-order valence-electron chi connectivity index (χ1n) is 5.87. The van der Waals surface area contributed by atoms with Gasteiger partial charge in [0.25, 0.3) is 0 Å². The van der Waals surface area contributed by atoms with Gasteiger partial charge in [0.05, 0.1) is 5.69 Å². The Morgan fingerprint density at radius 3 is 2.61 bits per heavy atom. The van der Waals surface area contributed by atoms with Crippen molar-refractivity contribution in [2.45, 2.75) is 33.2 Å². The highest BCUT2D eigenvalue weighted by Gasteiger charge is 2.15. The first kappa shape index (κ1) is 13.6. The van der Waals surface area contributed by atoms with Crippen molar-refractivity contribution in [3.63, 3.8) is 0 Å². The highest BCUT2D eigenvalue weighted by atomic mass is 79.9. The van der Waals surface area contributed by atoms with Crippen molar-refractivity contribution in [3.8, 4) is 11.3 Å². The van der Waals surface area contributed by atoms with Crippen LogP contribution in [0.4, 0.5) is 5.13 Å². The number of anilines is 1. The first-order chi connectivity index (χ1) is 8.35. The Labute approximate surface area is 121 Å². The van der Waals surface area contributed by atoms with Crippen LogP contribution in [0.15, 0.2) is 28.7 Å². The minimum absolute atomic E-state index is 0.0405. The van der Waals surface area contributed by atoms with Gasteiger partial charge in [0.2, 0.25) is 0 Å². The van der Waals surface area contributed by atoms with Crippen LogP contribution < -0.4 is 5.32 Å². The number of thiazole rings is 1. The van der Waals surface area contributed by atoms with Crippen molar-refractivity contribution in [2.24, 2.45) is 0 Å². The summed E-state index contributed by atoms with van der Waals surface area (Å²) in [5.74, 6) is 0. The number of nitrogens with one attached hydrogen (secondary N) is 1. The lowest BCUT2D eigenvalue weighted by molar-refractivity contribution is 0.633. The summed E-state index contributed by atoms with van der Waals surface area (Å²) in [5, 5.41) is 4.40. The normalized spacial score (nSPS) is 11.6. The van der Waals surface area contributed by atoms with Gasteiger partial charge in [-0.15, -0.1) is 11.3 Å². The lowest BCUT2D eigenvalue weighted by Crippen LogP contribution is -2.25. The minimum atomic E-state index is 0.0405. The quantitative estimate of drug-likeness (QED) is 0.832. The smallest absolute Gasteiger partial charge is 0.183 e. The molecule has 0 radical (unpaired) electrons. The molecule has 0 amide bonds. The summed E-state index contributed by atoms with van der Waals surface area (Å²) in [6.07, 6.45) is 0. The molecule has 1 heterocycles. The van der Waals surface area contributed by atoms with Gasteiger partial charge in [0.15, 0.2) is 5.13 Å². The molecule has 18 heavy (non-hydrogen) atoms. The highest BCUT2D eigenvalue weighted by molar-refractivity contribution is 9.10. The molecule has 0 unspecified atom stereocenters. The van der Waals surface area contributed by atoms with Crippen LogP contribution >= 0.6 is 27.3 Å².